The molecular formula is C51H34N4OPt-2. The number of nitrogens with zero attached hydrogens (tertiary/aromatic N) is 4. The monoisotopic (exact) mass is 922 g/mol. The van der Waals surface area contributed by atoms with E-state index in [9.17, 15) is 0 Å². The third kappa shape index (κ3) is 5.41. The number of rotatable bonds is 4. The molecule has 6 heteroatoms. The van der Waals surface area contributed by atoms with E-state index < -0.39 is 37.2 Å². The fourth-order valence-corrected chi connectivity index (χ4v) is 8.10. The van der Waals surface area contributed by atoms with E-state index in [1.165, 1.54) is 4.57 Å². The van der Waals surface area contributed by atoms with E-state index in [2.05, 4.69) is 107 Å². The molecule has 11 rings (SSSR count). The number of hydrogen-bond donors (Lipinski definition) is 0. The summed E-state index contributed by atoms with van der Waals surface area (Å²) in [5.41, 5.74) is 8.79. The van der Waals surface area contributed by atoms with Crippen molar-refractivity contribution in [3.8, 4) is 62.1 Å². The van der Waals surface area contributed by atoms with Crippen LogP contribution in [0.1, 0.15) is 29.0 Å². The van der Waals surface area contributed by atoms with Gasteiger partial charge in [-0.2, -0.15) is 18.2 Å². The number of benzene rings is 7. The molecule has 10 aromatic rings. The molecule has 276 valence electrons. The molecule has 57 heavy (non-hydrogen) atoms. The van der Waals surface area contributed by atoms with Crippen LogP contribution >= 0.6 is 0 Å². The van der Waals surface area contributed by atoms with E-state index >= 15 is 0 Å². The van der Waals surface area contributed by atoms with Gasteiger partial charge in [-0.1, -0.05) is 109 Å². The number of hydrogen-bond acceptors (Lipinski definition) is 2. The fourth-order valence-electron chi connectivity index (χ4n) is 8.10. The van der Waals surface area contributed by atoms with Crippen LogP contribution in [0.3, 0.4) is 0 Å². The van der Waals surface area contributed by atoms with Crippen molar-refractivity contribution in [3.05, 3.63) is 187 Å². The molecule has 1 aliphatic rings. The molecule has 0 bridgehead atoms. The van der Waals surface area contributed by atoms with Crippen molar-refractivity contribution in [1.29, 1.82) is 0 Å². The van der Waals surface area contributed by atoms with Crippen molar-refractivity contribution >= 4 is 32.8 Å². The SMILES string of the molecule is [2H]C([2H])([2H])c1cnc(-n2c3[c-]c(Oc4[c-]c(-n5[c-][n+]6c7c(cccc75)-c5ccccc5-c5ccccc5-c5ccccc5-6)ccc4)ccc3c3ccccc32)c(C([2H])([2H])[2H])c1C([2H])([2H])[2H].[Pt]. The van der Waals surface area contributed by atoms with Gasteiger partial charge in [0.25, 0.3) is 6.33 Å². The predicted molar refractivity (Wildman–Crippen MR) is 224 cm³/mol. The van der Waals surface area contributed by atoms with Gasteiger partial charge in [-0.15, -0.1) is 29.7 Å². The zero-order valence-electron chi connectivity index (χ0n) is 38.9. The van der Waals surface area contributed by atoms with Crippen molar-refractivity contribution in [1.82, 2.24) is 14.1 Å². The number of fused-ring (bicyclic) bond motifs is 10. The van der Waals surface area contributed by atoms with Crippen LogP contribution in [0.5, 0.6) is 11.5 Å². The normalized spacial score (nSPS) is 14.6. The van der Waals surface area contributed by atoms with Gasteiger partial charge in [0.2, 0.25) is 0 Å². The molecule has 0 unspecified atom stereocenters. The van der Waals surface area contributed by atoms with Gasteiger partial charge >= 0.3 is 0 Å². The van der Waals surface area contributed by atoms with Crippen LogP contribution < -0.4 is 9.30 Å². The van der Waals surface area contributed by atoms with E-state index in [0.717, 1.165) is 56.3 Å². The van der Waals surface area contributed by atoms with Crippen LogP contribution in [0.15, 0.2) is 152 Å². The Bertz CT molecular complexity index is 3570. The summed E-state index contributed by atoms with van der Waals surface area (Å²) in [6, 6.07) is 54.6. The smallest absolute Gasteiger partial charge is 0.268 e. The van der Waals surface area contributed by atoms with Crippen molar-refractivity contribution in [2.24, 2.45) is 0 Å². The number of pyridine rings is 1. The Morgan fingerprint density at radius 1 is 0.579 bits per heavy atom. The van der Waals surface area contributed by atoms with Gasteiger partial charge in [-0.25, -0.2) is 4.98 Å². The van der Waals surface area contributed by atoms with E-state index in [1.807, 2.05) is 47.0 Å². The van der Waals surface area contributed by atoms with Crippen LogP contribution in [0.25, 0.3) is 83.4 Å². The molecule has 5 nitrogen and oxygen atoms in total. The molecule has 0 atom stereocenters. The molecule has 4 heterocycles. The van der Waals surface area contributed by atoms with Crippen molar-refractivity contribution in [3.63, 3.8) is 0 Å². The Morgan fingerprint density at radius 2 is 1.23 bits per heavy atom. The Morgan fingerprint density at radius 3 is 2.02 bits per heavy atom. The minimum absolute atomic E-state index is 0. The van der Waals surface area contributed by atoms with Gasteiger partial charge in [0, 0.05) is 56.6 Å². The molecule has 0 saturated heterocycles. The zero-order valence-corrected chi connectivity index (χ0v) is 32.2. The van der Waals surface area contributed by atoms with E-state index in [4.69, 9.17) is 17.1 Å². The third-order valence-electron chi connectivity index (χ3n) is 10.6. The summed E-state index contributed by atoms with van der Waals surface area (Å²) in [6.45, 7) is -9.11. The van der Waals surface area contributed by atoms with Gasteiger partial charge in [0.1, 0.15) is 5.82 Å². The van der Waals surface area contributed by atoms with E-state index in [1.54, 1.807) is 24.3 Å². The molecule has 0 saturated carbocycles. The zero-order chi connectivity index (χ0) is 45.0. The van der Waals surface area contributed by atoms with Gasteiger partial charge in [-0.05, 0) is 93.8 Å². The molecule has 0 fully saturated rings. The van der Waals surface area contributed by atoms with Crippen LogP contribution in [0, 0.1) is 39.0 Å². The summed E-state index contributed by atoms with van der Waals surface area (Å²) in [6.07, 6.45) is 4.61. The number of para-hydroxylation sites is 3. The molecule has 0 N–H and O–H groups in total. The van der Waals surface area contributed by atoms with Crippen LogP contribution in [0.2, 0.25) is 0 Å². The maximum Gasteiger partial charge on any atom is 0.268 e. The first-order valence-corrected chi connectivity index (χ1v) is 18.1. The topological polar surface area (TPSA) is 35.9 Å². The third-order valence-corrected chi connectivity index (χ3v) is 10.6. The number of ether oxygens (including phenoxy) is 1. The number of aryl methyl sites for hydroxylation is 1. The van der Waals surface area contributed by atoms with E-state index in [-0.39, 0.29) is 32.6 Å². The Hall–Kier alpha value is -6.55. The second kappa shape index (κ2) is 13.6. The summed E-state index contributed by atoms with van der Waals surface area (Å²) < 4.78 is 87.1. The van der Waals surface area contributed by atoms with Gasteiger partial charge in [0.05, 0.1) is 16.7 Å². The summed E-state index contributed by atoms with van der Waals surface area (Å²) in [7, 11) is 0. The standard InChI is InChI=1S/C51H34N4O.Pt/c1-32-30-52-51(34(3)33(32)2)55-47-24-11-9-21-43(47)44-27-26-37(29-49(44)55)56-36-15-12-14-35(28-36)53-31-54-46-23-10-8-20-42(46)40-18-6-4-16-38(40)39-17-5-7-19-41(39)45-22-13-25-48(53)50(45)54;/h4-27,30H,1-3H3;/q-2;/i1D3,2D3,3D3;. The summed E-state index contributed by atoms with van der Waals surface area (Å²) in [5.74, 6) is 0.366. The quantitative estimate of drug-likeness (QED) is 0.130. The molecule has 1 aliphatic heterocycles. The van der Waals surface area contributed by atoms with Gasteiger partial charge in [0.15, 0.2) is 0 Å². The minimum Gasteiger partial charge on any atom is -0.510 e. The largest absolute Gasteiger partial charge is 0.510 e. The Kier molecular flexibility index (Phi) is 6.27. The van der Waals surface area contributed by atoms with Crippen molar-refractivity contribution in [2.45, 2.75) is 20.6 Å². The molecule has 0 amide bonds. The van der Waals surface area contributed by atoms with Gasteiger partial charge < -0.3 is 13.9 Å². The van der Waals surface area contributed by atoms with Crippen molar-refractivity contribution in [2.75, 3.05) is 0 Å². The molecule has 0 radical (unpaired) electrons. The van der Waals surface area contributed by atoms with Gasteiger partial charge in [-0.3, -0.25) is 4.57 Å². The summed E-state index contributed by atoms with van der Waals surface area (Å²) in [5, 5.41) is 1.37. The Labute approximate surface area is 358 Å². The molecule has 0 aliphatic carbocycles. The van der Waals surface area contributed by atoms with Crippen LogP contribution in [-0.2, 0) is 21.1 Å². The molecule has 7 aromatic carbocycles. The Balaban J connectivity index is 0.00000511. The first-order valence-electron chi connectivity index (χ1n) is 22.6. The first-order chi connectivity index (χ1) is 31.2. The first kappa shape index (κ1) is 26.3. The maximum atomic E-state index is 8.55. The second-order valence-electron chi connectivity index (χ2n) is 13.7. The summed E-state index contributed by atoms with van der Waals surface area (Å²) >= 11 is 0. The number of imidazole rings is 1. The average Bonchev–Trinajstić information content (AvgIpc) is 3.84. The van der Waals surface area contributed by atoms with Crippen LogP contribution in [0.4, 0.5) is 0 Å². The number of aromatic nitrogens is 4. The summed E-state index contributed by atoms with van der Waals surface area (Å²) in [4.78, 5) is 4.40. The van der Waals surface area contributed by atoms with Crippen molar-refractivity contribution < 1.29 is 42.7 Å². The van der Waals surface area contributed by atoms with E-state index in [0.29, 0.717) is 33.2 Å². The second-order valence-corrected chi connectivity index (χ2v) is 13.7. The molecule has 0 spiro atoms. The maximum absolute atomic E-state index is 8.55. The fraction of sp³-hybridized carbons (Fsp3) is 0.0588. The minimum atomic E-state index is -3.10. The predicted octanol–water partition coefficient (Wildman–Crippen LogP) is 11.8. The average molecular weight is 923 g/mol. The molecular weight excluding hydrogens is 880 g/mol. The van der Waals surface area contributed by atoms with Crippen LogP contribution in [-0.4, -0.2) is 14.1 Å². The molecule has 3 aromatic heterocycles.